The second kappa shape index (κ2) is 4.33. The zero-order valence-corrected chi connectivity index (χ0v) is 10.1. The van der Waals surface area contributed by atoms with Gasteiger partial charge in [-0.2, -0.15) is 0 Å². The molecule has 2 bridgehead atoms. The summed E-state index contributed by atoms with van der Waals surface area (Å²) in [6.45, 7) is 0.437. The molecule has 92 valence electrons. The summed E-state index contributed by atoms with van der Waals surface area (Å²) in [5, 5.41) is 10.2. The Labute approximate surface area is 105 Å². The minimum atomic E-state index is -0.0557. The topological polar surface area (TPSA) is 42.2 Å². The van der Waals surface area contributed by atoms with Crippen molar-refractivity contribution in [3.05, 3.63) is 63.4 Å². The highest BCUT2D eigenvalue weighted by molar-refractivity contribution is 5.34. The number of rotatable bonds is 2. The Kier molecular flexibility index (Phi) is 2.67. The van der Waals surface area contributed by atoms with Crippen molar-refractivity contribution >= 4 is 0 Å². The van der Waals surface area contributed by atoms with Crippen molar-refractivity contribution in [1.29, 1.82) is 0 Å². The van der Waals surface area contributed by atoms with E-state index in [1.807, 2.05) is 36.4 Å². The number of benzene rings is 1. The van der Waals surface area contributed by atoms with Gasteiger partial charge in [0.05, 0.1) is 6.54 Å². The Balaban J connectivity index is 2.08. The summed E-state index contributed by atoms with van der Waals surface area (Å²) in [5.74, 6) is 0.132. The number of aromatic nitrogens is 1. The van der Waals surface area contributed by atoms with Crippen LogP contribution in [0.3, 0.4) is 0 Å². The molecule has 0 atom stereocenters. The van der Waals surface area contributed by atoms with Crippen LogP contribution in [0.5, 0.6) is 5.88 Å². The standard InChI is InChI=1S/C15H15NO2/c17-14-12-7-4-8-13(9-12)15(18)16(14)10-11-5-2-1-3-6-11/h1-3,5-6,9,17H,4,7-8,10H2. The third-order valence-corrected chi connectivity index (χ3v) is 3.49. The van der Waals surface area contributed by atoms with Crippen molar-refractivity contribution in [2.75, 3.05) is 0 Å². The smallest absolute Gasteiger partial charge is 0.256 e. The van der Waals surface area contributed by atoms with Gasteiger partial charge in [0.2, 0.25) is 0 Å². The lowest BCUT2D eigenvalue weighted by Gasteiger charge is -2.18. The predicted octanol–water partition coefficient (Wildman–Crippen LogP) is 2.09. The molecule has 3 heteroatoms. The lowest BCUT2D eigenvalue weighted by atomic mass is 9.97. The molecule has 1 N–H and O–H groups in total. The average molecular weight is 241 g/mol. The maximum absolute atomic E-state index is 12.2. The van der Waals surface area contributed by atoms with Gasteiger partial charge in [0, 0.05) is 11.1 Å². The van der Waals surface area contributed by atoms with Crippen LogP contribution in [0.4, 0.5) is 0 Å². The summed E-state index contributed by atoms with van der Waals surface area (Å²) in [6.07, 6.45) is 2.63. The number of nitrogens with zero attached hydrogens (tertiary/aromatic N) is 1. The summed E-state index contributed by atoms with van der Waals surface area (Å²) in [4.78, 5) is 12.2. The van der Waals surface area contributed by atoms with Gasteiger partial charge in [-0.3, -0.25) is 9.36 Å². The Hall–Kier alpha value is -2.03. The predicted molar refractivity (Wildman–Crippen MR) is 69.9 cm³/mol. The molecular formula is C15H15NO2. The highest BCUT2D eigenvalue weighted by Gasteiger charge is 2.17. The summed E-state index contributed by atoms with van der Waals surface area (Å²) in [7, 11) is 0. The zero-order chi connectivity index (χ0) is 12.5. The molecule has 1 aliphatic rings. The van der Waals surface area contributed by atoms with Gasteiger partial charge in [0.1, 0.15) is 0 Å². The molecule has 1 heterocycles. The molecule has 0 fully saturated rings. The van der Waals surface area contributed by atoms with Gasteiger partial charge in [0.15, 0.2) is 5.88 Å². The Bertz CT molecular complexity index is 629. The van der Waals surface area contributed by atoms with Crippen LogP contribution in [-0.4, -0.2) is 9.67 Å². The minimum Gasteiger partial charge on any atom is -0.494 e. The van der Waals surface area contributed by atoms with E-state index in [4.69, 9.17) is 0 Å². The average Bonchev–Trinajstić information content (AvgIpc) is 2.43. The number of aryl methyl sites for hydroxylation is 2. The molecule has 1 aromatic heterocycles. The first-order valence-corrected chi connectivity index (χ1v) is 6.24. The van der Waals surface area contributed by atoms with Gasteiger partial charge in [-0.25, -0.2) is 0 Å². The monoisotopic (exact) mass is 241 g/mol. The van der Waals surface area contributed by atoms with E-state index < -0.39 is 0 Å². The molecule has 0 radical (unpaired) electrons. The molecule has 1 aromatic carbocycles. The second-order valence-corrected chi connectivity index (χ2v) is 4.75. The number of fused-ring (bicyclic) bond motifs is 2. The molecule has 0 saturated heterocycles. The van der Waals surface area contributed by atoms with E-state index in [1.54, 1.807) is 0 Å². The van der Waals surface area contributed by atoms with Gasteiger partial charge in [0.25, 0.3) is 5.56 Å². The van der Waals surface area contributed by atoms with Gasteiger partial charge in [-0.05, 0) is 30.9 Å². The quantitative estimate of drug-likeness (QED) is 0.874. The first-order chi connectivity index (χ1) is 8.75. The van der Waals surface area contributed by atoms with E-state index in [0.717, 1.165) is 36.0 Å². The van der Waals surface area contributed by atoms with E-state index >= 15 is 0 Å². The molecule has 0 saturated carbocycles. The molecule has 3 nitrogen and oxygen atoms in total. The fraction of sp³-hybridized carbons (Fsp3) is 0.267. The summed E-state index contributed by atoms with van der Waals surface area (Å²) in [6, 6.07) is 11.6. The normalized spacial score (nSPS) is 13.6. The van der Waals surface area contributed by atoms with Crippen molar-refractivity contribution in [3.63, 3.8) is 0 Å². The van der Waals surface area contributed by atoms with Crippen molar-refractivity contribution in [2.45, 2.75) is 25.8 Å². The van der Waals surface area contributed by atoms with Gasteiger partial charge in [-0.1, -0.05) is 30.3 Å². The third kappa shape index (κ3) is 1.82. The van der Waals surface area contributed by atoms with Crippen LogP contribution >= 0.6 is 0 Å². The lowest BCUT2D eigenvalue weighted by Crippen LogP contribution is -2.27. The van der Waals surface area contributed by atoms with Crippen LogP contribution in [-0.2, 0) is 19.4 Å². The van der Waals surface area contributed by atoms with Gasteiger partial charge >= 0.3 is 0 Å². The van der Waals surface area contributed by atoms with Gasteiger partial charge in [-0.15, -0.1) is 0 Å². The third-order valence-electron chi connectivity index (χ3n) is 3.49. The molecule has 2 aromatic rings. The molecule has 3 rings (SSSR count). The Morgan fingerprint density at radius 2 is 1.83 bits per heavy atom. The molecule has 0 amide bonds. The van der Waals surface area contributed by atoms with Crippen LogP contribution < -0.4 is 5.56 Å². The van der Waals surface area contributed by atoms with Crippen LogP contribution in [0.1, 0.15) is 23.1 Å². The largest absolute Gasteiger partial charge is 0.494 e. The van der Waals surface area contributed by atoms with Crippen molar-refractivity contribution in [1.82, 2.24) is 4.57 Å². The van der Waals surface area contributed by atoms with Crippen LogP contribution in [0.2, 0.25) is 0 Å². The van der Waals surface area contributed by atoms with Crippen molar-refractivity contribution < 1.29 is 5.11 Å². The first-order valence-electron chi connectivity index (χ1n) is 6.24. The fourth-order valence-corrected chi connectivity index (χ4v) is 2.52. The summed E-state index contributed by atoms with van der Waals surface area (Å²) >= 11 is 0. The number of hydrogen-bond donors (Lipinski definition) is 1. The number of hydrogen-bond acceptors (Lipinski definition) is 2. The van der Waals surface area contributed by atoms with E-state index in [-0.39, 0.29) is 11.4 Å². The molecule has 18 heavy (non-hydrogen) atoms. The highest BCUT2D eigenvalue weighted by atomic mass is 16.3. The fourth-order valence-electron chi connectivity index (χ4n) is 2.52. The van der Waals surface area contributed by atoms with E-state index in [9.17, 15) is 9.90 Å². The molecule has 0 aliphatic heterocycles. The second-order valence-electron chi connectivity index (χ2n) is 4.75. The SMILES string of the molecule is O=c1c2cc(c(O)n1Cc1ccccc1)CCC2. The number of pyridine rings is 1. The van der Waals surface area contributed by atoms with Crippen molar-refractivity contribution in [2.24, 2.45) is 0 Å². The van der Waals surface area contributed by atoms with E-state index in [2.05, 4.69) is 0 Å². The highest BCUT2D eigenvalue weighted by Crippen LogP contribution is 2.23. The zero-order valence-electron chi connectivity index (χ0n) is 10.1. The molecule has 1 aliphatic carbocycles. The molecular weight excluding hydrogens is 226 g/mol. The van der Waals surface area contributed by atoms with Crippen LogP contribution in [0.25, 0.3) is 0 Å². The molecule has 0 spiro atoms. The van der Waals surface area contributed by atoms with E-state index in [1.165, 1.54) is 4.57 Å². The summed E-state index contributed by atoms with van der Waals surface area (Å²) in [5.41, 5.74) is 2.69. The number of aromatic hydroxyl groups is 1. The van der Waals surface area contributed by atoms with Crippen molar-refractivity contribution in [3.8, 4) is 5.88 Å². The Morgan fingerprint density at radius 1 is 1.11 bits per heavy atom. The summed E-state index contributed by atoms with van der Waals surface area (Å²) < 4.78 is 1.49. The van der Waals surface area contributed by atoms with Crippen LogP contribution in [0, 0.1) is 0 Å². The maximum Gasteiger partial charge on any atom is 0.256 e. The lowest BCUT2D eigenvalue weighted by molar-refractivity contribution is 0.402. The van der Waals surface area contributed by atoms with Crippen LogP contribution in [0.15, 0.2) is 41.2 Å². The van der Waals surface area contributed by atoms with Gasteiger partial charge < -0.3 is 5.11 Å². The molecule has 0 unspecified atom stereocenters. The Morgan fingerprint density at radius 3 is 2.61 bits per heavy atom. The maximum atomic E-state index is 12.2. The first kappa shape index (κ1) is 11.1. The van der Waals surface area contributed by atoms with E-state index in [0.29, 0.717) is 6.54 Å². The minimum absolute atomic E-state index is 0.0557.